The number of hydrogen-bond acceptors (Lipinski definition) is 7. The number of hydrogen-bond donors (Lipinski definition) is 0. The fourth-order valence-electron chi connectivity index (χ4n) is 8.96. The molecule has 13 aromatic rings. The molecule has 7 nitrogen and oxygen atoms in total. The Labute approximate surface area is 364 Å². The van der Waals surface area contributed by atoms with Gasteiger partial charge in [-0.05, 0) is 59.7 Å². The molecule has 0 spiro atoms. The van der Waals surface area contributed by atoms with E-state index in [1.807, 2.05) is 72.8 Å². The van der Waals surface area contributed by atoms with Crippen molar-refractivity contribution in [2.45, 2.75) is 0 Å². The summed E-state index contributed by atoms with van der Waals surface area (Å²) in [5.74, 6) is 2.36. The van der Waals surface area contributed by atoms with E-state index in [0.717, 1.165) is 97.5 Å². The molecule has 0 atom stereocenters. The summed E-state index contributed by atoms with van der Waals surface area (Å²) < 4.78 is 10.9. The van der Waals surface area contributed by atoms with Crippen LogP contribution >= 0.6 is 11.3 Å². The highest BCUT2D eigenvalue weighted by Gasteiger charge is 2.22. The molecule has 5 aromatic heterocycles. The summed E-state index contributed by atoms with van der Waals surface area (Å²) in [5.41, 5.74) is 11.0. The lowest BCUT2D eigenvalue weighted by atomic mass is 10.0. The van der Waals surface area contributed by atoms with Gasteiger partial charge in [-0.15, -0.1) is 11.3 Å². The number of benzene rings is 8. The van der Waals surface area contributed by atoms with Gasteiger partial charge in [0.15, 0.2) is 23.1 Å². The van der Waals surface area contributed by atoms with Gasteiger partial charge in [-0.1, -0.05) is 146 Å². The number of fused-ring (bicyclic) bond motifs is 9. The third kappa shape index (κ3) is 5.76. The Balaban J connectivity index is 1.04. The topological polar surface area (TPSA) is 82.5 Å². The molecule has 0 bridgehead atoms. The zero-order valence-corrected chi connectivity index (χ0v) is 34.3. The number of para-hydroxylation sites is 2. The normalized spacial score (nSPS) is 11.8. The van der Waals surface area contributed by atoms with Crippen LogP contribution in [0, 0.1) is 0 Å². The second kappa shape index (κ2) is 14.1. The standard InChI is InChI=1S/C55H32N6OS/c1-4-15-33(16-5-1)36-27-29-39-38-21-10-12-24-43(38)61(44(39)32-36)55-59-52(35-19-8-3-9-20-35)58-53(60-55)37-28-30-46-42(31-37)48-41(23-14-26-47(48)63-46)54-56-49(34-17-6-2-7-18-34)51-50(57-54)40-22-11-13-25-45(40)62-51/h1-32H. The van der Waals surface area contributed by atoms with Gasteiger partial charge in [0.2, 0.25) is 5.95 Å². The van der Waals surface area contributed by atoms with Gasteiger partial charge in [-0.2, -0.15) is 9.97 Å². The second-order valence-corrected chi connectivity index (χ2v) is 16.7. The Morgan fingerprint density at radius 2 is 1.06 bits per heavy atom. The number of rotatable bonds is 6. The second-order valence-electron chi connectivity index (χ2n) is 15.6. The zero-order chi connectivity index (χ0) is 41.4. The van der Waals surface area contributed by atoms with E-state index in [9.17, 15) is 0 Å². The van der Waals surface area contributed by atoms with Gasteiger partial charge in [0.25, 0.3) is 0 Å². The van der Waals surface area contributed by atoms with Gasteiger partial charge in [0, 0.05) is 58.6 Å². The molecule has 63 heavy (non-hydrogen) atoms. The SMILES string of the molecule is c1ccc(-c2ccc3c4ccccc4n(-c4nc(-c5ccccc5)nc(-c5ccc6sc7cccc(-c8nc(-c9ccccc9)c9oc%10ccccc%10c9n8)c7c6c5)n4)c3c2)cc1. The van der Waals surface area contributed by atoms with E-state index in [1.165, 1.54) is 0 Å². The largest absolute Gasteiger partial charge is 0.452 e. The smallest absolute Gasteiger partial charge is 0.238 e. The van der Waals surface area contributed by atoms with Crippen molar-refractivity contribution in [2.75, 3.05) is 0 Å². The molecule has 0 aliphatic carbocycles. The summed E-state index contributed by atoms with van der Waals surface area (Å²) in [7, 11) is 0. The van der Waals surface area contributed by atoms with Crippen LogP contribution in [0.5, 0.6) is 0 Å². The maximum absolute atomic E-state index is 6.44. The van der Waals surface area contributed by atoms with E-state index >= 15 is 0 Å². The minimum absolute atomic E-state index is 0.550. The molecule has 13 rings (SSSR count). The molecule has 0 aliphatic rings. The molecule has 294 valence electrons. The Morgan fingerprint density at radius 3 is 1.87 bits per heavy atom. The molecule has 0 fully saturated rings. The number of thiophene rings is 1. The van der Waals surface area contributed by atoms with Crippen LogP contribution in [0.25, 0.3) is 127 Å². The van der Waals surface area contributed by atoms with Gasteiger partial charge in [-0.3, -0.25) is 4.57 Å². The highest BCUT2D eigenvalue weighted by Crippen LogP contribution is 2.43. The lowest BCUT2D eigenvalue weighted by Crippen LogP contribution is -2.06. The molecule has 0 saturated carbocycles. The maximum atomic E-state index is 6.44. The van der Waals surface area contributed by atoms with Crippen molar-refractivity contribution in [3.63, 3.8) is 0 Å². The number of furan rings is 1. The lowest BCUT2D eigenvalue weighted by Gasteiger charge is -2.12. The summed E-state index contributed by atoms with van der Waals surface area (Å²) in [6.07, 6.45) is 0. The van der Waals surface area contributed by atoms with Crippen LogP contribution in [0.1, 0.15) is 0 Å². The number of nitrogens with zero attached hydrogens (tertiary/aromatic N) is 6. The Bertz CT molecular complexity index is 3910. The predicted molar refractivity (Wildman–Crippen MR) is 257 cm³/mol. The van der Waals surface area contributed by atoms with Crippen LogP contribution in [0.3, 0.4) is 0 Å². The lowest BCUT2D eigenvalue weighted by molar-refractivity contribution is 0.667. The van der Waals surface area contributed by atoms with Crippen molar-refractivity contribution >= 4 is 75.4 Å². The average molecular weight is 825 g/mol. The average Bonchev–Trinajstić information content (AvgIpc) is 4.03. The van der Waals surface area contributed by atoms with E-state index < -0.39 is 0 Å². The molecular weight excluding hydrogens is 793 g/mol. The molecule has 0 N–H and O–H groups in total. The van der Waals surface area contributed by atoms with E-state index in [0.29, 0.717) is 29.0 Å². The van der Waals surface area contributed by atoms with Crippen LogP contribution < -0.4 is 0 Å². The van der Waals surface area contributed by atoms with E-state index in [4.69, 9.17) is 29.3 Å². The molecule has 0 unspecified atom stereocenters. The summed E-state index contributed by atoms with van der Waals surface area (Å²) in [5, 5.41) is 5.38. The monoisotopic (exact) mass is 824 g/mol. The molecule has 8 aromatic carbocycles. The van der Waals surface area contributed by atoms with Gasteiger partial charge in [0.1, 0.15) is 16.8 Å². The van der Waals surface area contributed by atoms with Crippen molar-refractivity contribution in [3.8, 4) is 62.5 Å². The molecule has 0 saturated heterocycles. The highest BCUT2D eigenvalue weighted by molar-refractivity contribution is 7.26. The molecule has 0 amide bonds. The van der Waals surface area contributed by atoms with Crippen molar-refractivity contribution in [1.29, 1.82) is 0 Å². The van der Waals surface area contributed by atoms with Gasteiger partial charge < -0.3 is 4.42 Å². The molecular formula is C55H32N6OS. The van der Waals surface area contributed by atoms with E-state index in [1.54, 1.807) is 11.3 Å². The van der Waals surface area contributed by atoms with Crippen LogP contribution in [0.2, 0.25) is 0 Å². The Hall–Kier alpha value is -8.33. The van der Waals surface area contributed by atoms with Crippen LogP contribution in [-0.4, -0.2) is 29.5 Å². The zero-order valence-electron chi connectivity index (χ0n) is 33.5. The first-order chi connectivity index (χ1) is 31.2. The molecule has 0 aliphatic heterocycles. The van der Waals surface area contributed by atoms with E-state index in [2.05, 4.69) is 126 Å². The van der Waals surface area contributed by atoms with Crippen molar-refractivity contribution < 1.29 is 4.42 Å². The minimum Gasteiger partial charge on any atom is -0.452 e. The van der Waals surface area contributed by atoms with Gasteiger partial charge in [0.05, 0.1) is 11.0 Å². The maximum Gasteiger partial charge on any atom is 0.238 e. The first-order valence-corrected chi connectivity index (χ1v) is 21.6. The Morgan fingerprint density at radius 1 is 0.397 bits per heavy atom. The summed E-state index contributed by atoms with van der Waals surface area (Å²) in [6, 6.07) is 66.9. The highest BCUT2D eigenvalue weighted by atomic mass is 32.1. The Kier molecular flexibility index (Phi) is 7.94. The third-order valence-electron chi connectivity index (χ3n) is 11.9. The van der Waals surface area contributed by atoms with Crippen molar-refractivity contribution in [3.05, 3.63) is 194 Å². The minimum atomic E-state index is 0.550. The van der Waals surface area contributed by atoms with Crippen LogP contribution in [0.4, 0.5) is 0 Å². The number of aromatic nitrogens is 6. The van der Waals surface area contributed by atoms with Gasteiger partial charge in [-0.25, -0.2) is 15.0 Å². The van der Waals surface area contributed by atoms with Crippen LogP contribution in [-0.2, 0) is 0 Å². The first-order valence-electron chi connectivity index (χ1n) is 20.8. The fraction of sp³-hybridized carbons (Fsp3) is 0. The van der Waals surface area contributed by atoms with E-state index in [-0.39, 0.29) is 0 Å². The first kappa shape index (κ1) is 35.4. The fourth-order valence-corrected chi connectivity index (χ4v) is 10.1. The third-order valence-corrected chi connectivity index (χ3v) is 13.0. The molecule has 5 heterocycles. The molecule has 8 heteroatoms. The van der Waals surface area contributed by atoms with Gasteiger partial charge >= 0.3 is 0 Å². The van der Waals surface area contributed by atoms with Crippen LogP contribution in [0.15, 0.2) is 199 Å². The predicted octanol–water partition coefficient (Wildman–Crippen LogP) is 14.4. The molecule has 0 radical (unpaired) electrons. The summed E-state index contributed by atoms with van der Waals surface area (Å²) in [6.45, 7) is 0. The van der Waals surface area contributed by atoms with Crippen molar-refractivity contribution in [1.82, 2.24) is 29.5 Å². The van der Waals surface area contributed by atoms with Crippen molar-refractivity contribution in [2.24, 2.45) is 0 Å². The quantitative estimate of drug-likeness (QED) is 0.166. The summed E-state index contributed by atoms with van der Waals surface area (Å²) >= 11 is 1.75. The summed E-state index contributed by atoms with van der Waals surface area (Å²) in [4.78, 5) is 26.3.